The molecule has 0 atom stereocenters. The normalized spacial score (nSPS) is 10.9. The van der Waals surface area contributed by atoms with E-state index in [1.54, 1.807) is 12.1 Å². The molecule has 0 unspecified atom stereocenters. The standard InChI is InChI=1S/C22H27NO5/c1-6-27-19-13-15(7-12-18(19)26-5)21(25)28-14-20(24)23-17-10-8-16(9-11-17)22(2,3)4/h7-13H,6,14H2,1-5H3,(H,23,24). The lowest BCUT2D eigenvalue weighted by molar-refractivity contribution is -0.119. The van der Waals surface area contributed by atoms with E-state index >= 15 is 0 Å². The molecule has 0 saturated carbocycles. The van der Waals surface area contributed by atoms with Crippen molar-refractivity contribution in [2.75, 3.05) is 25.6 Å². The maximum absolute atomic E-state index is 12.2. The van der Waals surface area contributed by atoms with Gasteiger partial charge in [0.1, 0.15) is 0 Å². The molecule has 0 fully saturated rings. The van der Waals surface area contributed by atoms with Crippen LogP contribution in [-0.4, -0.2) is 32.2 Å². The quantitative estimate of drug-likeness (QED) is 0.724. The molecular formula is C22H27NO5. The number of nitrogens with one attached hydrogen (secondary N) is 1. The smallest absolute Gasteiger partial charge is 0.338 e. The second-order valence-corrected chi connectivity index (χ2v) is 7.25. The summed E-state index contributed by atoms with van der Waals surface area (Å²) in [7, 11) is 1.52. The Labute approximate surface area is 165 Å². The third-order valence-electron chi connectivity index (χ3n) is 4.07. The number of ether oxygens (including phenoxy) is 3. The van der Waals surface area contributed by atoms with Gasteiger partial charge in [-0.25, -0.2) is 4.79 Å². The molecule has 0 saturated heterocycles. The first-order chi connectivity index (χ1) is 13.2. The lowest BCUT2D eigenvalue weighted by Gasteiger charge is -2.19. The number of anilines is 1. The van der Waals surface area contributed by atoms with Gasteiger partial charge in [0.15, 0.2) is 18.1 Å². The topological polar surface area (TPSA) is 73.9 Å². The molecule has 28 heavy (non-hydrogen) atoms. The fourth-order valence-corrected chi connectivity index (χ4v) is 2.54. The van der Waals surface area contributed by atoms with Crippen molar-refractivity contribution < 1.29 is 23.8 Å². The third kappa shape index (κ3) is 5.74. The van der Waals surface area contributed by atoms with E-state index in [-0.39, 0.29) is 17.6 Å². The number of esters is 1. The Hall–Kier alpha value is -3.02. The number of carbonyl (C=O) groups excluding carboxylic acids is 2. The SMILES string of the molecule is CCOc1cc(C(=O)OCC(=O)Nc2ccc(C(C)(C)C)cc2)ccc1OC. The van der Waals surface area contributed by atoms with Gasteiger partial charge in [-0.05, 0) is 48.2 Å². The number of hydrogen-bond acceptors (Lipinski definition) is 5. The van der Waals surface area contributed by atoms with Crippen LogP contribution in [0.5, 0.6) is 11.5 Å². The first-order valence-corrected chi connectivity index (χ1v) is 9.13. The Morgan fingerprint density at radius 2 is 1.68 bits per heavy atom. The van der Waals surface area contributed by atoms with Gasteiger partial charge < -0.3 is 19.5 Å². The van der Waals surface area contributed by atoms with Gasteiger partial charge in [0, 0.05) is 5.69 Å². The van der Waals surface area contributed by atoms with Crippen LogP contribution in [0.25, 0.3) is 0 Å². The minimum Gasteiger partial charge on any atom is -0.493 e. The van der Waals surface area contributed by atoms with Gasteiger partial charge in [0.2, 0.25) is 0 Å². The molecule has 6 nitrogen and oxygen atoms in total. The van der Waals surface area contributed by atoms with Gasteiger partial charge >= 0.3 is 5.97 Å². The predicted molar refractivity (Wildman–Crippen MR) is 108 cm³/mol. The average Bonchev–Trinajstić information content (AvgIpc) is 2.66. The fourth-order valence-electron chi connectivity index (χ4n) is 2.54. The summed E-state index contributed by atoms with van der Waals surface area (Å²) in [5.41, 5.74) is 2.14. The first-order valence-electron chi connectivity index (χ1n) is 9.13. The van der Waals surface area contributed by atoms with Crippen LogP contribution >= 0.6 is 0 Å². The zero-order chi connectivity index (χ0) is 20.7. The highest BCUT2D eigenvalue weighted by Crippen LogP contribution is 2.28. The second-order valence-electron chi connectivity index (χ2n) is 7.25. The highest BCUT2D eigenvalue weighted by atomic mass is 16.5. The van der Waals surface area contributed by atoms with E-state index in [9.17, 15) is 9.59 Å². The van der Waals surface area contributed by atoms with Crippen molar-refractivity contribution in [3.8, 4) is 11.5 Å². The summed E-state index contributed by atoms with van der Waals surface area (Å²) in [6, 6.07) is 12.3. The van der Waals surface area contributed by atoms with Crippen LogP contribution in [0.4, 0.5) is 5.69 Å². The molecular weight excluding hydrogens is 358 g/mol. The molecule has 0 spiro atoms. The van der Waals surface area contributed by atoms with E-state index in [4.69, 9.17) is 14.2 Å². The Morgan fingerprint density at radius 1 is 1.00 bits per heavy atom. The van der Waals surface area contributed by atoms with Crippen LogP contribution in [0.1, 0.15) is 43.6 Å². The van der Waals surface area contributed by atoms with Gasteiger partial charge in [0.25, 0.3) is 5.91 Å². The molecule has 0 aliphatic rings. The molecule has 0 aliphatic carbocycles. The summed E-state index contributed by atoms with van der Waals surface area (Å²) in [5, 5.41) is 2.72. The van der Waals surface area contributed by atoms with Crippen LogP contribution in [-0.2, 0) is 14.9 Å². The maximum atomic E-state index is 12.2. The number of methoxy groups -OCH3 is 1. The van der Waals surface area contributed by atoms with Gasteiger partial charge in [-0.15, -0.1) is 0 Å². The number of amides is 1. The average molecular weight is 385 g/mol. The number of hydrogen-bond donors (Lipinski definition) is 1. The number of rotatable bonds is 7. The number of benzene rings is 2. The minimum absolute atomic E-state index is 0.0385. The molecule has 2 aromatic rings. The minimum atomic E-state index is -0.609. The van der Waals surface area contributed by atoms with Gasteiger partial charge in [0.05, 0.1) is 19.3 Å². The first kappa shape index (κ1) is 21.3. The van der Waals surface area contributed by atoms with Crippen molar-refractivity contribution >= 4 is 17.6 Å². The van der Waals surface area contributed by atoms with Crippen molar-refractivity contribution in [3.05, 3.63) is 53.6 Å². The Kier molecular flexibility index (Phi) is 7.04. The van der Waals surface area contributed by atoms with Crippen LogP contribution in [0.3, 0.4) is 0 Å². The Morgan fingerprint density at radius 3 is 2.25 bits per heavy atom. The Balaban J connectivity index is 1.93. The van der Waals surface area contributed by atoms with Crippen molar-refractivity contribution in [1.29, 1.82) is 0 Å². The molecule has 0 aromatic heterocycles. The van der Waals surface area contributed by atoms with Crippen molar-refractivity contribution in [3.63, 3.8) is 0 Å². The molecule has 2 aromatic carbocycles. The summed E-state index contributed by atoms with van der Waals surface area (Å²) in [4.78, 5) is 24.3. The summed E-state index contributed by atoms with van der Waals surface area (Å²) in [6.45, 7) is 8.26. The van der Waals surface area contributed by atoms with E-state index < -0.39 is 11.9 Å². The second kappa shape index (κ2) is 9.26. The van der Waals surface area contributed by atoms with E-state index in [1.807, 2.05) is 31.2 Å². The lowest BCUT2D eigenvalue weighted by atomic mass is 9.87. The van der Waals surface area contributed by atoms with Crippen LogP contribution in [0.2, 0.25) is 0 Å². The molecule has 150 valence electrons. The summed E-state index contributed by atoms with van der Waals surface area (Å²) in [6.07, 6.45) is 0. The molecule has 1 amide bonds. The zero-order valence-corrected chi connectivity index (χ0v) is 17.0. The fraction of sp³-hybridized carbons (Fsp3) is 0.364. The molecule has 6 heteroatoms. The molecule has 2 rings (SSSR count). The third-order valence-corrected chi connectivity index (χ3v) is 4.07. The van der Waals surface area contributed by atoms with Gasteiger partial charge in [-0.2, -0.15) is 0 Å². The van der Waals surface area contributed by atoms with E-state index in [2.05, 4.69) is 26.1 Å². The monoisotopic (exact) mass is 385 g/mol. The molecule has 1 N–H and O–H groups in total. The highest BCUT2D eigenvalue weighted by Gasteiger charge is 2.15. The molecule has 0 heterocycles. The van der Waals surface area contributed by atoms with Crippen LogP contribution in [0, 0.1) is 0 Å². The van der Waals surface area contributed by atoms with E-state index in [1.165, 1.54) is 18.7 Å². The zero-order valence-electron chi connectivity index (χ0n) is 17.0. The largest absolute Gasteiger partial charge is 0.493 e. The maximum Gasteiger partial charge on any atom is 0.338 e. The van der Waals surface area contributed by atoms with E-state index in [0.29, 0.717) is 23.8 Å². The summed E-state index contributed by atoms with van der Waals surface area (Å²) in [5.74, 6) is -0.0464. The van der Waals surface area contributed by atoms with Crippen molar-refractivity contribution in [2.24, 2.45) is 0 Å². The van der Waals surface area contributed by atoms with Crippen LogP contribution < -0.4 is 14.8 Å². The molecule has 0 radical (unpaired) electrons. The Bertz CT molecular complexity index is 822. The summed E-state index contributed by atoms with van der Waals surface area (Å²) < 4.78 is 15.7. The lowest BCUT2D eigenvalue weighted by Crippen LogP contribution is -2.21. The predicted octanol–water partition coefficient (Wildman–Crippen LogP) is 4.19. The van der Waals surface area contributed by atoms with Crippen LogP contribution in [0.15, 0.2) is 42.5 Å². The van der Waals surface area contributed by atoms with Crippen molar-refractivity contribution in [1.82, 2.24) is 0 Å². The number of carbonyl (C=O) groups is 2. The molecule has 0 aliphatic heterocycles. The molecule has 0 bridgehead atoms. The van der Waals surface area contributed by atoms with Gasteiger partial charge in [-0.3, -0.25) is 4.79 Å². The summed E-state index contributed by atoms with van der Waals surface area (Å²) >= 11 is 0. The highest BCUT2D eigenvalue weighted by molar-refractivity contribution is 5.95. The van der Waals surface area contributed by atoms with E-state index in [0.717, 1.165) is 0 Å². The van der Waals surface area contributed by atoms with Gasteiger partial charge in [-0.1, -0.05) is 32.9 Å². The van der Waals surface area contributed by atoms with Crippen molar-refractivity contribution in [2.45, 2.75) is 33.1 Å².